The van der Waals surface area contributed by atoms with Crippen molar-refractivity contribution in [3.63, 3.8) is 0 Å². The van der Waals surface area contributed by atoms with Crippen LogP contribution in [0.5, 0.6) is 0 Å². The summed E-state index contributed by atoms with van der Waals surface area (Å²) in [4.78, 5) is 22.9. The van der Waals surface area contributed by atoms with Gasteiger partial charge in [-0.2, -0.15) is 0 Å². The van der Waals surface area contributed by atoms with E-state index in [2.05, 4.69) is 25.6 Å². The highest BCUT2D eigenvalue weighted by Gasteiger charge is 2.23. The average molecular weight is 370 g/mol. The molecule has 1 saturated carbocycles. The standard InChI is InChI=1S/C17H18N6O2S/c24-23(25)14-7-8-15(19-11-5-6-11)22-16(14)18-9-10-26-17-20-12-3-1-2-4-13(12)21-17/h1-4,7-8,11H,5-6,9-10H2,(H,20,21)(H2,18,19,22). The van der Waals surface area contributed by atoms with Gasteiger partial charge in [0.15, 0.2) is 5.16 Å². The summed E-state index contributed by atoms with van der Waals surface area (Å²) in [7, 11) is 0. The quantitative estimate of drug-likeness (QED) is 0.240. The van der Waals surface area contributed by atoms with E-state index in [1.165, 1.54) is 6.07 Å². The van der Waals surface area contributed by atoms with Gasteiger partial charge >= 0.3 is 5.69 Å². The number of aromatic amines is 1. The summed E-state index contributed by atoms with van der Waals surface area (Å²) >= 11 is 1.56. The summed E-state index contributed by atoms with van der Waals surface area (Å²) in [5.41, 5.74) is 1.92. The third kappa shape index (κ3) is 3.88. The van der Waals surface area contributed by atoms with Crippen molar-refractivity contribution >= 4 is 40.1 Å². The maximum Gasteiger partial charge on any atom is 0.311 e. The molecule has 0 amide bonds. The molecule has 1 aliphatic carbocycles. The van der Waals surface area contributed by atoms with E-state index >= 15 is 0 Å². The lowest BCUT2D eigenvalue weighted by Crippen LogP contribution is -2.10. The second-order valence-corrected chi connectivity index (χ2v) is 7.16. The van der Waals surface area contributed by atoms with E-state index in [1.54, 1.807) is 17.8 Å². The smallest absolute Gasteiger partial charge is 0.311 e. The molecule has 1 aromatic carbocycles. The molecule has 8 nitrogen and oxygen atoms in total. The van der Waals surface area contributed by atoms with Crippen molar-refractivity contribution in [2.45, 2.75) is 24.0 Å². The summed E-state index contributed by atoms with van der Waals surface area (Å²) < 4.78 is 0. The molecule has 0 saturated heterocycles. The van der Waals surface area contributed by atoms with E-state index in [1.807, 2.05) is 24.3 Å². The molecular weight excluding hydrogens is 352 g/mol. The lowest BCUT2D eigenvalue weighted by molar-refractivity contribution is -0.384. The second-order valence-electron chi connectivity index (χ2n) is 6.07. The molecule has 3 aromatic rings. The van der Waals surface area contributed by atoms with Gasteiger partial charge in [-0.1, -0.05) is 23.9 Å². The van der Waals surface area contributed by atoms with Crippen LogP contribution in [-0.4, -0.2) is 38.2 Å². The highest BCUT2D eigenvalue weighted by molar-refractivity contribution is 7.99. The molecule has 26 heavy (non-hydrogen) atoms. The number of H-pyrrole nitrogens is 1. The largest absolute Gasteiger partial charge is 0.367 e. The lowest BCUT2D eigenvalue weighted by Gasteiger charge is -2.09. The van der Waals surface area contributed by atoms with Crippen molar-refractivity contribution in [2.24, 2.45) is 0 Å². The third-order valence-electron chi connectivity index (χ3n) is 4.00. The number of benzene rings is 1. The number of hydrogen-bond acceptors (Lipinski definition) is 7. The Hall–Kier alpha value is -2.81. The molecule has 4 rings (SSSR count). The van der Waals surface area contributed by atoms with Crippen molar-refractivity contribution in [3.8, 4) is 0 Å². The zero-order valence-electron chi connectivity index (χ0n) is 13.9. The van der Waals surface area contributed by atoms with Crippen LogP contribution in [0.25, 0.3) is 11.0 Å². The molecule has 0 spiro atoms. The number of nitrogens with zero attached hydrogens (tertiary/aromatic N) is 3. The van der Waals surface area contributed by atoms with Crippen LogP contribution in [0.2, 0.25) is 0 Å². The molecule has 0 atom stereocenters. The summed E-state index contributed by atoms with van der Waals surface area (Å²) in [5, 5.41) is 18.4. The van der Waals surface area contributed by atoms with Gasteiger partial charge in [-0.3, -0.25) is 10.1 Å². The van der Waals surface area contributed by atoms with Gasteiger partial charge < -0.3 is 15.6 Å². The summed E-state index contributed by atoms with van der Waals surface area (Å²) in [5.74, 6) is 1.68. The minimum Gasteiger partial charge on any atom is -0.367 e. The molecule has 0 bridgehead atoms. The van der Waals surface area contributed by atoms with E-state index in [-0.39, 0.29) is 5.69 Å². The number of pyridine rings is 1. The molecule has 1 fully saturated rings. The van der Waals surface area contributed by atoms with E-state index in [0.717, 1.165) is 29.0 Å². The van der Waals surface area contributed by atoms with Crippen molar-refractivity contribution < 1.29 is 4.92 Å². The molecule has 2 aromatic heterocycles. The number of imidazole rings is 1. The minimum absolute atomic E-state index is 0.0138. The normalized spacial score (nSPS) is 13.7. The van der Waals surface area contributed by atoms with Crippen molar-refractivity contribution in [1.29, 1.82) is 0 Å². The number of fused-ring (bicyclic) bond motifs is 1. The molecule has 9 heteroatoms. The second kappa shape index (κ2) is 7.20. The zero-order valence-corrected chi connectivity index (χ0v) is 14.8. The predicted octanol–water partition coefficient (Wildman–Crippen LogP) is 3.64. The number of aromatic nitrogens is 3. The van der Waals surface area contributed by atoms with Gasteiger partial charge in [0.2, 0.25) is 5.82 Å². The molecule has 0 aliphatic heterocycles. The molecule has 1 aliphatic rings. The monoisotopic (exact) mass is 370 g/mol. The average Bonchev–Trinajstić information content (AvgIpc) is 3.34. The SMILES string of the molecule is O=[N+]([O-])c1ccc(NC2CC2)nc1NCCSc1nc2ccccc2[nH]1. The molecule has 0 radical (unpaired) electrons. The van der Waals surface area contributed by atoms with Crippen molar-refractivity contribution in [1.82, 2.24) is 15.0 Å². The number of thioether (sulfide) groups is 1. The van der Waals surface area contributed by atoms with Gasteiger partial charge in [0, 0.05) is 24.4 Å². The Labute approximate surface area is 154 Å². The number of para-hydroxylation sites is 2. The summed E-state index contributed by atoms with van der Waals surface area (Å²) in [6.45, 7) is 0.544. The van der Waals surface area contributed by atoms with Crippen molar-refractivity contribution in [2.75, 3.05) is 22.9 Å². The van der Waals surface area contributed by atoms with Gasteiger partial charge in [-0.05, 0) is 31.0 Å². The number of nitro groups is 1. The van der Waals surface area contributed by atoms with Crippen LogP contribution in [0.3, 0.4) is 0 Å². The van der Waals surface area contributed by atoms with E-state index in [4.69, 9.17) is 0 Å². The number of hydrogen-bond donors (Lipinski definition) is 3. The highest BCUT2D eigenvalue weighted by Crippen LogP contribution is 2.28. The zero-order chi connectivity index (χ0) is 17.9. The first-order valence-electron chi connectivity index (χ1n) is 8.42. The molecule has 134 valence electrons. The van der Waals surface area contributed by atoms with Crippen LogP contribution in [0.1, 0.15) is 12.8 Å². The Kier molecular flexibility index (Phi) is 4.61. The maximum absolute atomic E-state index is 11.2. The van der Waals surface area contributed by atoms with E-state index in [0.29, 0.717) is 30.0 Å². The predicted molar refractivity (Wildman–Crippen MR) is 103 cm³/mol. The van der Waals surface area contributed by atoms with Crippen LogP contribution in [0.4, 0.5) is 17.3 Å². The van der Waals surface area contributed by atoms with Crippen LogP contribution < -0.4 is 10.6 Å². The van der Waals surface area contributed by atoms with Crippen LogP contribution in [0.15, 0.2) is 41.6 Å². The van der Waals surface area contributed by atoms with E-state index in [9.17, 15) is 10.1 Å². The topological polar surface area (TPSA) is 109 Å². The fourth-order valence-electron chi connectivity index (χ4n) is 2.56. The van der Waals surface area contributed by atoms with Crippen LogP contribution in [0, 0.1) is 10.1 Å². The lowest BCUT2D eigenvalue weighted by atomic mass is 10.3. The maximum atomic E-state index is 11.2. The molecule has 0 unspecified atom stereocenters. The first-order valence-corrected chi connectivity index (χ1v) is 9.41. The van der Waals surface area contributed by atoms with Crippen LogP contribution in [-0.2, 0) is 0 Å². The highest BCUT2D eigenvalue weighted by atomic mass is 32.2. The van der Waals surface area contributed by atoms with E-state index < -0.39 is 4.92 Å². The minimum atomic E-state index is -0.414. The molecular formula is C17H18N6O2S. The number of nitrogens with one attached hydrogen (secondary N) is 3. The Morgan fingerprint density at radius 3 is 2.85 bits per heavy atom. The van der Waals surface area contributed by atoms with Gasteiger partial charge in [0.1, 0.15) is 5.82 Å². The summed E-state index contributed by atoms with van der Waals surface area (Å²) in [6.07, 6.45) is 2.24. The van der Waals surface area contributed by atoms with Crippen molar-refractivity contribution in [3.05, 3.63) is 46.5 Å². The fourth-order valence-corrected chi connectivity index (χ4v) is 3.30. The Bertz CT molecular complexity index is 907. The third-order valence-corrected chi connectivity index (χ3v) is 4.88. The summed E-state index contributed by atoms with van der Waals surface area (Å²) in [6, 6.07) is 11.4. The molecule has 2 heterocycles. The van der Waals surface area contributed by atoms with Gasteiger partial charge in [0.05, 0.1) is 16.0 Å². The fraction of sp³-hybridized carbons (Fsp3) is 0.294. The Balaban J connectivity index is 1.37. The van der Waals surface area contributed by atoms with Gasteiger partial charge in [-0.15, -0.1) is 0 Å². The Morgan fingerprint density at radius 2 is 2.08 bits per heavy atom. The first kappa shape index (κ1) is 16.6. The number of rotatable bonds is 8. The number of anilines is 2. The van der Waals surface area contributed by atoms with Gasteiger partial charge in [0.25, 0.3) is 0 Å². The van der Waals surface area contributed by atoms with Crippen LogP contribution >= 0.6 is 11.8 Å². The Morgan fingerprint density at radius 1 is 1.23 bits per heavy atom. The van der Waals surface area contributed by atoms with Gasteiger partial charge in [-0.25, -0.2) is 9.97 Å². The molecule has 3 N–H and O–H groups in total. The first-order chi connectivity index (χ1) is 12.7.